The van der Waals surface area contributed by atoms with Gasteiger partial charge in [0, 0.05) is 0 Å². The van der Waals surface area contributed by atoms with Crippen LogP contribution in [0.5, 0.6) is 0 Å². The summed E-state index contributed by atoms with van der Waals surface area (Å²) in [6, 6.07) is 0. The molecule has 0 spiro atoms. The zero-order valence-electron chi connectivity index (χ0n) is 13.3. The van der Waals surface area contributed by atoms with Crippen molar-refractivity contribution in [2.45, 2.75) is 67.7 Å². The van der Waals surface area contributed by atoms with Gasteiger partial charge in [-0.2, -0.15) is 0 Å². The van der Waals surface area contributed by atoms with Crippen molar-refractivity contribution in [2.24, 2.45) is 23.2 Å². The van der Waals surface area contributed by atoms with Gasteiger partial charge in [-0.1, -0.05) is 61.3 Å². The molecule has 1 nitrogen and oxygen atoms in total. The highest BCUT2D eigenvalue weighted by molar-refractivity contribution is 4.78. The molecule has 104 valence electrons. The topological polar surface area (TPSA) is 12.0 Å². The molecule has 0 radical (unpaired) electrons. The fourth-order valence-corrected chi connectivity index (χ4v) is 2.39. The summed E-state index contributed by atoms with van der Waals surface area (Å²) >= 11 is 0. The molecule has 0 aliphatic carbocycles. The summed E-state index contributed by atoms with van der Waals surface area (Å²) in [7, 11) is 0. The molecule has 0 aromatic rings. The van der Waals surface area contributed by atoms with E-state index in [1.165, 1.54) is 25.8 Å². The molecule has 1 N–H and O–H groups in total. The van der Waals surface area contributed by atoms with Gasteiger partial charge in [-0.3, -0.25) is 0 Å². The quantitative estimate of drug-likeness (QED) is 0.648. The smallest absolute Gasteiger partial charge is 0.00153 e. The van der Waals surface area contributed by atoms with Gasteiger partial charge in [-0.05, 0) is 42.7 Å². The number of rotatable bonds is 8. The largest absolute Gasteiger partial charge is 0.316 e. The lowest BCUT2D eigenvalue weighted by molar-refractivity contribution is 0.189. The number of hydrogen-bond acceptors (Lipinski definition) is 1. The van der Waals surface area contributed by atoms with E-state index in [-0.39, 0.29) is 0 Å². The monoisotopic (exact) mass is 241 g/mol. The molecule has 0 aromatic heterocycles. The third-order valence-electron chi connectivity index (χ3n) is 3.64. The highest BCUT2D eigenvalue weighted by Gasteiger charge is 2.25. The molecule has 2 unspecified atom stereocenters. The lowest BCUT2D eigenvalue weighted by atomic mass is 9.75. The van der Waals surface area contributed by atoms with Crippen molar-refractivity contribution in [2.75, 3.05) is 13.1 Å². The average molecular weight is 241 g/mol. The highest BCUT2D eigenvalue weighted by Crippen LogP contribution is 2.32. The molecule has 0 aliphatic heterocycles. The summed E-state index contributed by atoms with van der Waals surface area (Å²) in [6.07, 6.45) is 4.05. The summed E-state index contributed by atoms with van der Waals surface area (Å²) in [5.41, 5.74) is 0.423. The minimum atomic E-state index is 0.423. The minimum absolute atomic E-state index is 0.423. The summed E-state index contributed by atoms with van der Waals surface area (Å²) in [4.78, 5) is 0. The maximum atomic E-state index is 3.64. The zero-order chi connectivity index (χ0) is 13.5. The second kappa shape index (κ2) is 8.13. The van der Waals surface area contributed by atoms with Crippen LogP contribution in [-0.2, 0) is 0 Å². The maximum absolute atomic E-state index is 3.64. The van der Waals surface area contributed by atoms with Crippen molar-refractivity contribution in [1.82, 2.24) is 5.32 Å². The molecule has 17 heavy (non-hydrogen) atoms. The first-order valence-corrected chi connectivity index (χ1v) is 7.48. The average Bonchev–Trinajstić information content (AvgIpc) is 2.14. The Morgan fingerprint density at radius 1 is 1.00 bits per heavy atom. The van der Waals surface area contributed by atoms with Gasteiger partial charge in [0.25, 0.3) is 0 Å². The molecule has 0 aliphatic rings. The molecular formula is C16H35N. The van der Waals surface area contributed by atoms with Crippen molar-refractivity contribution < 1.29 is 0 Å². The Morgan fingerprint density at radius 2 is 1.59 bits per heavy atom. The van der Waals surface area contributed by atoms with Gasteiger partial charge in [0.1, 0.15) is 0 Å². The third kappa shape index (κ3) is 8.65. The normalized spacial score (nSPS) is 16.2. The lowest BCUT2D eigenvalue weighted by Crippen LogP contribution is -2.34. The molecule has 1 heteroatoms. The molecule has 0 bridgehead atoms. The SMILES string of the molecule is CCCC(C)CC(CNCC(C)C)C(C)(C)C. The molecule has 0 rings (SSSR count). The Balaban J connectivity index is 4.15. The van der Waals surface area contributed by atoms with E-state index in [4.69, 9.17) is 0 Å². The summed E-state index contributed by atoms with van der Waals surface area (Å²) < 4.78 is 0. The summed E-state index contributed by atoms with van der Waals surface area (Å²) in [5.74, 6) is 2.41. The van der Waals surface area contributed by atoms with Crippen molar-refractivity contribution in [1.29, 1.82) is 0 Å². The van der Waals surface area contributed by atoms with Gasteiger partial charge in [-0.25, -0.2) is 0 Å². The van der Waals surface area contributed by atoms with Gasteiger partial charge in [0.15, 0.2) is 0 Å². The van der Waals surface area contributed by atoms with E-state index in [0.29, 0.717) is 5.41 Å². The van der Waals surface area contributed by atoms with Crippen molar-refractivity contribution in [3.63, 3.8) is 0 Å². The van der Waals surface area contributed by atoms with E-state index in [0.717, 1.165) is 24.3 Å². The second-order valence-electron chi connectivity index (χ2n) is 7.24. The minimum Gasteiger partial charge on any atom is -0.316 e. The van der Waals surface area contributed by atoms with Gasteiger partial charge in [0.05, 0.1) is 0 Å². The van der Waals surface area contributed by atoms with Gasteiger partial charge in [-0.15, -0.1) is 0 Å². The van der Waals surface area contributed by atoms with Crippen molar-refractivity contribution >= 4 is 0 Å². The van der Waals surface area contributed by atoms with Crippen LogP contribution < -0.4 is 5.32 Å². The number of hydrogen-bond donors (Lipinski definition) is 1. The molecule has 0 heterocycles. The van der Waals surface area contributed by atoms with Crippen LogP contribution in [0.3, 0.4) is 0 Å². The van der Waals surface area contributed by atoms with Crippen LogP contribution in [0.2, 0.25) is 0 Å². The Bertz CT molecular complexity index is 178. The molecule has 2 atom stereocenters. The first kappa shape index (κ1) is 17.0. The van der Waals surface area contributed by atoms with E-state index in [2.05, 4.69) is 53.8 Å². The molecule has 0 aromatic carbocycles. The van der Waals surface area contributed by atoms with Crippen LogP contribution in [0.1, 0.15) is 67.7 Å². The Kier molecular flexibility index (Phi) is 8.11. The second-order valence-corrected chi connectivity index (χ2v) is 7.24. The highest BCUT2D eigenvalue weighted by atomic mass is 14.9. The fourth-order valence-electron chi connectivity index (χ4n) is 2.39. The van der Waals surface area contributed by atoms with E-state index >= 15 is 0 Å². The first-order valence-electron chi connectivity index (χ1n) is 7.48. The maximum Gasteiger partial charge on any atom is -0.00153 e. The lowest BCUT2D eigenvalue weighted by Gasteiger charge is -2.33. The molecule has 0 amide bonds. The first-order chi connectivity index (χ1) is 7.77. The van der Waals surface area contributed by atoms with Crippen molar-refractivity contribution in [3.05, 3.63) is 0 Å². The van der Waals surface area contributed by atoms with Crippen LogP contribution >= 0.6 is 0 Å². The summed E-state index contributed by atoms with van der Waals surface area (Å²) in [5, 5.41) is 3.64. The van der Waals surface area contributed by atoms with Crippen LogP contribution in [-0.4, -0.2) is 13.1 Å². The molecular weight excluding hydrogens is 206 g/mol. The molecule has 0 fully saturated rings. The number of nitrogens with one attached hydrogen (secondary N) is 1. The summed E-state index contributed by atoms with van der Waals surface area (Å²) in [6.45, 7) is 18.7. The zero-order valence-corrected chi connectivity index (χ0v) is 13.3. The van der Waals surface area contributed by atoms with Crippen LogP contribution in [0.15, 0.2) is 0 Å². The Hall–Kier alpha value is -0.0400. The fraction of sp³-hybridized carbons (Fsp3) is 1.00. The van der Waals surface area contributed by atoms with Gasteiger partial charge in [0.2, 0.25) is 0 Å². The van der Waals surface area contributed by atoms with Crippen LogP contribution in [0.25, 0.3) is 0 Å². The standard InChI is InChI=1S/C16H35N/c1-8-9-14(4)10-15(16(5,6)7)12-17-11-13(2)3/h13-15,17H,8-12H2,1-7H3. The van der Waals surface area contributed by atoms with Crippen LogP contribution in [0, 0.1) is 23.2 Å². The third-order valence-corrected chi connectivity index (χ3v) is 3.64. The van der Waals surface area contributed by atoms with Crippen LogP contribution in [0.4, 0.5) is 0 Å². The van der Waals surface area contributed by atoms with Gasteiger partial charge < -0.3 is 5.32 Å². The van der Waals surface area contributed by atoms with E-state index in [1.807, 2.05) is 0 Å². The Labute approximate surface area is 110 Å². The van der Waals surface area contributed by atoms with E-state index in [1.54, 1.807) is 0 Å². The van der Waals surface area contributed by atoms with Gasteiger partial charge >= 0.3 is 0 Å². The predicted octanol–water partition coefficient (Wildman–Crippen LogP) is 4.72. The molecule has 0 saturated heterocycles. The van der Waals surface area contributed by atoms with Crippen molar-refractivity contribution in [3.8, 4) is 0 Å². The molecule has 0 saturated carbocycles. The van der Waals surface area contributed by atoms with E-state index in [9.17, 15) is 0 Å². The van der Waals surface area contributed by atoms with E-state index < -0.39 is 0 Å². The predicted molar refractivity (Wildman–Crippen MR) is 79.3 cm³/mol. The Morgan fingerprint density at radius 3 is 2.00 bits per heavy atom.